The summed E-state index contributed by atoms with van der Waals surface area (Å²) in [7, 11) is 1.97. The van der Waals surface area contributed by atoms with Gasteiger partial charge in [-0.1, -0.05) is 50.2 Å². The van der Waals surface area contributed by atoms with E-state index in [-0.39, 0.29) is 11.8 Å². The quantitative estimate of drug-likeness (QED) is 0.583. The highest BCUT2D eigenvalue weighted by molar-refractivity contribution is 5.93. The van der Waals surface area contributed by atoms with Crippen LogP contribution in [0.15, 0.2) is 60.9 Å². The summed E-state index contributed by atoms with van der Waals surface area (Å²) in [6.07, 6.45) is 6.47. The second-order valence-corrected chi connectivity index (χ2v) is 8.27. The van der Waals surface area contributed by atoms with E-state index in [9.17, 15) is 4.79 Å². The number of carbonyl (C=O) groups is 1. The van der Waals surface area contributed by atoms with Crippen LogP contribution in [0.1, 0.15) is 61.0 Å². The summed E-state index contributed by atoms with van der Waals surface area (Å²) in [5.74, 6) is 1.80. The van der Waals surface area contributed by atoms with Crippen LogP contribution in [0, 0.1) is 0 Å². The number of hydrogen-bond acceptors (Lipinski definition) is 2. The van der Waals surface area contributed by atoms with Gasteiger partial charge in [0, 0.05) is 31.5 Å². The SMILES string of the molecule is CC(CC(=O)N(Cc1nccn1C)c1ccc2c(c1)CCC2C)c1ccccc1. The number of imidazole rings is 1. The lowest BCUT2D eigenvalue weighted by molar-refractivity contribution is -0.119. The molecule has 4 heteroatoms. The fraction of sp³-hybridized carbons (Fsp3) is 0.360. The third-order valence-electron chi connectivity index (χ3n) is 6.19. The van der Waals surface area contributed by atoms with Crippen molar-refractivity contribution in [3.63, 3.8) is 0 Å². The van der Waals surface area contributed by atoms with Crippen LogP contribution in [0.2, 0.25) is 0 Å². The summed E-state index contributed by atoms with van der Waals surface area (Å²) in [6.45, 7) is 4.89. The van der Waals surface area contributed by atoms with Gasteiger partial charge in [0.05, 0.1) is 6.54 Å². The third kappa shape index (κ3) is 4.12. The second kappa shape index (κ2) is 8.24. The topological polar surface area (TPSA) is 38.1 Å². The second-order valence-electron chi connectivity index (χ2n) is 8.27. The molecule has 4 rings (SSSR count). The van der Waals surface area contributed by atoms with E-state index in [1.807, 2.05) is 40.9 Å². The van der Waals surface area contributed by atoms with Crippen molar-refractivity contribution in [3.05, 3.63) is 83.4 Å². The first-order valence-electron chi connectivity index (χ1n) is 10.5. The first-order chi connectivity index (χ1) is 14.0. The Morgan fingerprint density at radius 2 is 2.03 bits per heavy atom. The smallest absolute Gasteiger partial charge is 0.228 e. The predicted molar refractivity (Wildman–Crippen MR) is 117 cm³/mol. The lowest BCUT2D eigenvalue weighted by Gasteiger charge is -2.25. The summed E-state index contributed by atoms with van der Waals surface area (Å²) in [6, 6.07) is 16.8. The highest BCUT2D eigenvalue weighted by atomic mass is 16.2. The molecular weight excluding hydrogens is 358 g/mol. The van der Waals surface area contributed by atoms with E-state index in [1.54, 1.807) is 6.20 Å². The van der Waals surface area contributed by atoms with Crippen LogP contribution in [-0.2, 0) is 24.8 Å². The van der Waals surface area contributed by atoms with Gasteiger partial charge in [0.2, 0.25) is 5.91 Å². The molecule has 0 fully saturated rings. The molecule has 0 spiro atoms. The third-order valence-corrected chi connectivity index (χ3v) is 6.19. The number of carbonyl (C=O) groups excluding carboxylic acids is 1. The van der Waals surface area contributed by atoms with Crippen molar-refractivity contribution in [2.24, 2.45) is 7.05 Å². The van der Waals surface area contributed by atoms with E-state index >= 15 is 0 Å². The number of aromatic nitrogens is 2. The van der Waals surface area contributed by atoms with E-state index in [4.69, 9.17) is 0 Å². The number of amides is 1. The Labute approximate surface area is 173 Å². The van der Waals surface area contributed by atoms with Crippen LogP contribution in [0.5, 0.6) is 0 Å². The van der Waals surface area contributed by atoms with Gasteiger partial charge in [-0.05, 0) is 53.5 Å². The molecule has 0 radical (unpaired) electrons. The molecule has 0 aliphatic heterocycles. The monoisotopic (exact) mass is 387 g/mol. The van der Waals surface area contributed by atoms with Crippen molar-refractivity contribution >= 4 is 11.6 Å². The minimum atomic E-state index is 0.135. The van der Waals surface area contributed by atoms with Crippen LogP contribution in [0.4, 0.5) is 5.69 Å². The van der Waals surface area contributed by atoms with E-state index in [2.05, 4.69) is 49.2 Å². The van der Waals surface area contributed by atoms with E-state index < -0.39 is 0 Å². The Hall–Kier alpha value is -2.88. The van der Waals surface area contributed by atoms with E-state index in [0.29, 0.717) is 18.9 Å². The van der Waals surface area contributed by atoms with Gasteiger partial charge in [0.1, 0.15) is 5.82 Å². The average Bonchev–Trinajstić information content (AvgIpc) is 3.31. The first kappa shape index (κ1) is 19.4. The maximum Gasteiger partial charge on any atom is 0.228 e. The molecule has 2 aromatic carbocycles. The van der Waals surface area contributed by atoms with Crippen molar-refractivity contribution in [2.45, 2.75) is 51.5 Å². The molecule has 1 aliphatic carbocycles. The predicted octanol–water partition coefficient (Wildman–Crippen LogP) is 5.20. The summed E-state index contributed by atoms with van der Waals surface area (Å²) in [5.41, 5.74) is 4.98. The average molecular weight is 388 g/mol. The maximum absolute atomic E-state index is 13.4. The molecule has 0 N–H and O–H groups in total. The Morgan fingerprint density at radius 1 is 1.24 bits per heavy atom. The number of rotatable bonds is 6. The summed E-state index contributed by atoms with van der Waals surface area (Å²) in [4.78, 5) is 19.8. The molecule has 2 unspecified atom stereocenters. The summed E-state index contributed by atoms with van der Waals surface area (Å²) < 4.78 is 1.98. The summed E-state index contributed by atoms with van der Waals surface area (Å²) >= 11 is 0. The highest BCUT2D eigenvalue weighted by Gasteiger charge is 2.24. The van der Waals surface area contributed by atoms with Gasteiger partial charge in [-0.3, -0.25) is 4.79 Å². The molecule has 0 saturated carbocycles. The van der Waals surface area contributed by atoms with Crippen LogP contribution in [0.25, 0.3) is 0 Å². The van der Waals surface area contributed by atoms with Crippen molar-refractivity contribution in [2.75, 3.05) is 4.90 Å². The van der Waals surface area contributed by atoms with Crippen LogP contribution in [-0.4, -0.2) is 15.5 Å². The number of anilines is 1. The molecule has 0 bridgehead atoms. The first-order valence-corrected chi connectivity index (χ1v) is 10.5. The van der Waals surface area contributed by atoms with Gasteiger partial charge in [0.25, 0.3) is 0 Å². The minimum Gasteiger partial charge on any atom is -0.337 e. The standard InChI is InChI=1S/C25H29N3O/c1-18-9-10-21-16-22(11-12-23(18)21)28(17-24-26-13-14-27(24)3)25(29)15-19(2)20-7-5-4-6-8-20/h4-8,11-14,16,18-19H,9-10,15,17H2,1-3H3. The van der Waals surface area contributed by atoms with Crippen molar-refractivity contribution < 1.29 is 4.79 Å². The number of nitrogens with zero attached hydrogens (tertiary/aromatic N) is 3. The lowest BCUT2D eigenvalue weighted by Crippen LogP contribution is -2.32. The Morgan fingerprint density at radius 3 is 2.76 bits per heavy atom. The zero-order chi connectivity index (χ0) is 20.4. The molecule has 29 heavy (non-hydrogen) atoms. The van der Waals surface area contributed by atoms with Gasteiger partial charge in [-0.15, -0.1) is 0 Å². The minimum absolute atomic E-state index is 0.135. The molecule has 150 valence electrons. The molecule has 4 nitrogen and oxygen atoms in total. The lowest BCUT2D eigenvalue weighted by atomic mass is 9.97. The normalized spacial score (nSPS) is 16.4. The zero-order valence-corrected chi connectivity index (χ0v) is 17.5. The molecule has 1 amide bonds. The van der Waals surface area contributed by atoms with Crippen LogP contribution >= 0.6 is 0 Å². The van der Waals surface area contributed by atoms with Gasteiger partial charge in [0.15, 0.2) is 0 Å². The molecule has 2 atom stereocenters. The number of hydrogen-bond donors (Lipinski definition) is 0. The Balaban J connectivity index is 1.61. The van der Waals surface area contributed by atoms with Gasteiger partial charge >= 0.3 is 0 Å². The Kier molecular flexibility index (Phi) is 5.52. The summed E-state index contributed by atoms with van der Waals surface area (Å²) in [5, 5.41) is 0. The molecular formula is C25H29N3O. The molecule has 1 aromatic heterocycles. The van der Waals surface area contributed by atoms with E-state index in [1.165, 1.54) is 23.1 Å². The van der Waals surface area contributed by atoms with E-state index in [0.717, 1.165) is 17.9 Å². The number of benzene rings is 2. The molecule has 0 saturated heterocycles. The number of aryl methyl sites for hydroxylation is 2. The maximum atomic E-state index is 13.4. The fourth-order valence-corrected chi connectivity index (χ4v) is 4.27. The van der Waals surface area contributed by atoms with Crippen molar-refractivity contribution in [1.29, 1.82) is 0 Å². The van der Waals surface area contributed by atoms with Gasteiger partial charge < -0.3 is 9.47 Å². The molecule has 1 aliphatic rings. The Bertz CT molecular complexity index is 992. The van der Waals surface area contributed by atoms with Crippen LogP contribution < -0.4 is 4.90 Å². The van der Waals surface area contributed by atoms with Crippen molar-refractivity contribution in [3.8, 4) is 0 Å². The highest BCUT2D eigenvalue weighted by Crippen LogP contribution is 2.35. The number of fused-ring (bicyclic) bond motifs is 1. The largest absolute Gasteiger partial charge is 0.337 e. The van der Waals surface area contributed by atoms with Gasteiger partial charge in [-0.2, -0.15) is 0 Å². The van der Waals surface area contributed by atoms with Crippen molar-refractivity contribution in [1.82, 2.24) is 9.55 Å². The fourth-order valence-electron chi connectivity index (χ4n) is 4.27. The van der Waals surface area contributed by atoms with Gasteiger partial charge in [-0.25, -0.2) is 4.98 Å². The molecule has 1 heterocycles. The van der Waals surface area contributed by atoms with Crippen LogP contribution in [0.3, 0.4) is 0 Å². The zero-order valence-electron chi connectivity index (χ0n) is 17.5. The molecule has 3 aromatic rings.